The molecule has 6 nitrogen and oxygen atoms in total. The number of carbonyl (C=O) groups excluding carboxylic acids is 1. The second kappa shape index (κ2) is 9.40. The highest BCUT2D eigenvalue weighted by Crippen LogP contribution is 2.36. The van der Waals surface area contributed by atoms with E-state index in [0.717, 1.165) is 12.1 Å². The third-order valence-electron chi connectivity index (χ3n) is 4.89. The van der Waals surface area contributed by atoms with Crippen molar-refractivity contribution in [1.82, 2.24) is 9.80 Å². The summed E-state index contributed by atoms with van der Waals surface area (Å²) in [5.41, 5.74) is 11.2. The fraction of sp³-hybridized carbons (Fsp3) is 0.526. The van der Waals surface area contributed by atoms with Gasteiger partial charge in [-0.05, 0) is 24.1 Å². The molecule has 0 saturated carbocycles. The molecule has 1 aromatic rings. The molecule has 28 heavy (non-hydrogen) atoms. The van der Waals surface area contributed by atoms with Crippen LogP contribution in [0.3, 0.4) is 0 Å². The van der Waals surface area contributed by atoms with Crippen LogP contribution in [0.25, 0.3) is 5.57 Å². The van der Waals surface area contributed by atoms with Crippen molar-refractivity contribution in [1.29, 1.82) is 0 Å². The number of alkyl halides is 3. The molecular formula is C19H27F3N4O2. The van der Waals surface area contributed by atoms with Gasteiger partial charge in [-0.15, -0.1) is 0 Å². The van der Waals surface area contributed by atoms with Gasteiger partial charge in [0.15, 0.2) is 5.76 Å². The standard InChI is InChI=1S/C19H27F3N4O2/c1-2-15-16(13-3-5-14(6-4-13)19(20,21)22)17(27)18(28)26(15)12-11-25(9-7-23)10-8-24/h3-6,15,27H,2,7-12,23-24H2,1H3. The lowest BCUT2D eigenvalue weighted by Crippen LogP contribution is -2.43. The Kier molecular flexibility index (Phi) is 7.45. The van der Waals surface area contributed by atoms with E-state index in [-0.39, 0.29) is 0 Å². The lowest BCUT2D eigenvalue weighted by molar-refractivity contribution is -0.137. The van der Waals surface area contributed by atoms with Crippen LogP contribution in [0.2, 0.25) is 0 Å². The maximum atomic E-state index is 12.8. The summed E-state index contributed by atoms with van der Waals surface area (Å²) in [6, 6.07) is 4.10. The van der Waals surface area contributed by atoms with Crippen LogP contribution in [0.4, 0.5) is 13.2 Å². The van der Waals surface area contributed by atoms with Crippen molar-refractivity contribution >= 4 is 11.5 Å². The fourth-order valence-electron chi connectivity index (χ4n) is 3.51. The van der Waals surface area contributed by atoms with E-state index >= 15 is 0 Å². The van der Waals surface area contributed by atoms with E-state index < -0.39 is 29.4 Å². The first-order valence-corrected chi connectivity index (χ1v) is 9.28. The minimum atomic E-state index is -4.44. The Morgan fingerprint density at radius 2 is 1.68 bits per heavy atom. The largest absolute Gasteiger partial charge is 0.503 e. The van der Waals surface area contributed by atoms with E-state index in [2.05, 4.69) is 0 Å². The molecule has 0 aromatic heterocycles. The summed E-state index contributed by atoms with van der Waals surface area (Å²) in [5, 5.41) is 10.4. The predicted octanol–water partition coefficient (Wildman–Crippen LogP) is 1.81. The molecule has 5 N–H and O–H groups in total. The van der Waals surface area contributed by atoms with Crippen molar-refractivity contribution in [3.63, 3.8) is 0 Å². The van der Waals surface area contributed by atoms with E-state index in [1.54, 1.807) is 4.90 Å². The van der Waals surface area contributed by atoms with E-state index in [4.69, 9.17) is 11.5 Å². The highest BCUT2D eigenvalue weighted by molar-refractivity contribution is 6.05. The van der Waals surface area contributed by atoms with Crippen molar-refractivity contribution < 1.29 is 23.1 Å². The minimum Gasteiger partial charge on any atom is -0.503 e. The topological polar surface area (TPSA) is 95.8 Å². The van der Waals surface area contributed by atoms with E-state index in [0.29, 0.717) is 56.8 Å². The summed E-state index contributed by atoms with van der Waals surface area (Å²) in [7, 11) is 0. The first-order valence-electron chi connectivity index (χ1n) is 9.28. The van der Waals surface area contributed by atoms with E-state index in [1.807, 2.05) is 11.8 Å². The van der Waals surface area contributed by atoms with E-state index in [9.17, 15) is 23.1 Å². The molecular weight excluding hydrogens is 373 g/mol. The second-order valence-corrected chi connectivity index (χ2v) is 6.68. The first kappa shape index (κ1) is 22.2. The summed E-state index contributed by atoms with van der Waals surface area (Å²) >= 11 is 0. The molecule has 0 bridgehead atoms. The molecule has 0 saturated heterocycles. The van der Waals surface area contributed by atoms with E-state index in [1.165, 1.54) is 12.1 Å². The van der Waals surface area contributed by atoms with Crippen LogP contribution in [0, 0.1) is 0 Å². The summed E-state index contributed by atoms with van der Waals surface area (Å²) in [4.78, 5) is 16.2. The summed E-state index contributed by atoms with van der Waals surface area (Å²) < 4.78 is 38.4. The Balaban J connectivity index is 2.21. The second-order valence-electron chi connectivity index (χ2n) is 6.68. The van der Waals surface area contributed by atoms with Gasteiger partial charge in [0.2, 0.25) is 0 Å². The van der Waals surface area contributed by atoms with Gasteiger partial charge in [-0.25, -0.2) is 0 Å². The van der Waals surface area contributed by atoms with Crippen LogP contribution in [-0.4, -0.2) is 66.1 Å². The quantitative estimate of drug-likeness (QED) is 0.588. The number of aliphatic hydroxyl groups is 1. The molecule has 0 radical (unpaired) electrons. The summed E-state index contributed by atoms with van der Waals surface area (Å²) in [6.07, 6.45) is -3.91. The molecule has 9 heteroatoms. The zero-order valence-corrected chi connectivity index (χ0v) is 15.9. The molecule has 1 aliphatic heterocycles. The highest BCUT2D eigenvalue weighted by atomic mass is 19.4. The molecule has 1 amide bonds. The molecule has 0 aliphatic carbocycles. The van der Waals surface area contributed by atoms with Crippen LogP contribution >= 0.6 is 0 Å². The monoisotopic (exact) mass is 400 g/mol. The maximum absolute atomic E-state index is 12.8. The predicted molar refractivity (Wildman–Crippen MR) is 101 cm³/mol. The average Bonchev–Trinajstić information content (AvgIpc) is 2.89. The first-order chi connectivity index (χ1) is 13.2. The summed E-state index contributed by atoms with van der Waals surface area (Å²) in [5.74, 6) is -0.919. The Labute approximate surface area is 162 Å². The highest BCUT2D eigenvalue weighted by Gasteiger charge is 2.39. The average molecular weight is 400 g/mol. The van der Waals surface area contributed by atoms with Crippen LogP contribution in [0.15, 0.2) is 30.0 Å². The molecule has 1 aromatic carbocycles. The molecule has 2 rings (SSSR count). The molecule has 0 fully saturated rings. The van der Waals surface area contributed by atoms with Crippen LogP contribution < -0.4 is 11.5 Å². The van der Waals surface area contributed by atoms with Crippen molar-refractivity contribution in [2.75, 3.05) is 39.3 Å². The van der Waals surface area contributed by atoms with Gasteiger partial charge in [-0.2, -0.15) is 13.2 Å². The number of halogens is 3. The van der Waals surface area contributed by atoms with Gasteiger partial charge in [0.25, 0.3) is 5.91 Å². The lowest BCUT2D eigenvalue weighted by atomic mass is 9.96. The number of aliphatic hydroxyl groups excluding tert-OH is 1. The normalized spacial score (nSPS) is 17.9. The molecule has 1 unspecified atom stereocenters. The van der Waals surface area contributed by atoms with Crippen LogP contribution in [-0.2, 0) is 11.0 Å². The number of nitrogens with two attached hydrogens (primary N) is 2. The number of benzene rings is 1. The van der Waals surface area contributed by atoms with Crippen molar-refractivity contribution in [3.05, 3.63) is 41.2 Å². The zero-order valence-electron chi connectivity index (χ0n) is 15.9. The number of hydrogen-bond acceptors (Lipinski definition) is 5. The summed E-state index contributed by atoms with van der Waals surface area (Å²) in [6.45, 7) is 4.99. The third kappa shape index (κ3) is 4.84. The molecule has 1 aliphatic rings. The molecule has 1 heterocycles. The van der Waals surface area contributed by atoms with Gasteiger partial charge in [0.1, 0.15) is 0 Å². The third-order valence-corrected chi connectivity index (χ3v) is 4.89. The number of rotatable bonds is 9. The van der Waals surface area contributed by atoms with Crippen LogP contribution in [0.1, 0.15) is 24.5 Å². The Bertz CT molecular complexity index is 698. The van der Waals surface area contributed by atoms with Gasteiger partial charge in [0, 0.05) is 44.8 Å². The van der Waals surface area contributed by atoms with Crippen LogP contribution in [0.5, 0.6) is 0 Å². The Morgan fingerprint density at radius 1 is 1.11 bits per heavy atom. The van der Waals surface area contributed by atoms with Crippen molar-refractivity contribution in [3.8, 4) is 0 Å². The van der Waals surface area contributed by atoms with Crippen molar-refractivity contribution in [2.45, 2.75) is 25.6 Å². The fourth-order valence-corrected chi connectivity index (χ4v) is 3.51. The SMILES string of the molecule is CCC1C(c2ccc(C(F)(F)F)cc2)=C(O)C(=O)N1CCN(CCN)CCN. The smallest absolute Gasteiger partial charge is 0.416 e. The van der Waals surface area contributed by atoms with Gasteiger partial charge in [-0.1, -0.05) is 19.1 Å². The Hall–Kier alpha value is -2.10. The molecule has 1 atom stereocenters. The van der Waals surface area contributed by atoms with Gasteiger partial charge < -0.3 is 21.5 Å². The van der Waals surface area contributed by atoms with Gasteiger partial charge in [0.05, 0.1) is 11.6 Å². The number of hydrogen-bond donors (Lipinski definition) is 3. The molecule has 0 spiro atoms. The number of carbonyl (C=O) groups is 1. The molecule has 156 valence electrons. The zero-order chi connectivity index (χ0) is 20.9. The maximum Gasteiger partial charge on any atom is 0.416 e. The minimum absolute atomic E-state index is 0.366. The van der Waals surface area contributed by atoms with Gasteiger partial charge >= 0.3 is 6.18 Å². The number of amides is 1. The van der Waals surface area contributed by atoms with Gasteiger partial charge in [-0.3, -0.25) is 9.69 Å². The Morgan fingerprint density at radius 3 is 2.14 bits per heavy atom. The lowest BCUT2D eigenvalue weighted by Gasteiger charge is -2.29. The van der Waals surface area contributed by atoms with Crippen molar-refractivity contribution in [2.24, 2.45) is 11.5 Å². The number of nitrogens with zero attached hydrogens (tertiary/aromatic N) is 2.